The molecule has 0 fully saturated rings. The lowest BCUT2D eigenvalue weighted by atomic mass is 10.5. The van der Waals surface area contributed by atoms with Crippen molar-refractivity contribution >= 4 is 44.0 Å². The van der Waals surface area contributed by atoms with E-state index < -0.39 is 20.8 Å². The van der Waals surface area contributed by atoms with Crippen LogP contribution in [0.4, 0.5) is 0 Å². The Labute approximate surface area is 87.6 Å². The third-order valence-electron chi connectivity index (χ3n) is 1.23. The van der Waals surface area contributed by atoms with E-state index in [-0.39, 0.29) is 24.6 Å². The Morgan fingerprint density at radius 2 is 1.31 bits per heavy atom. The molecule has 0 aromatic rings. The molecule has 78 valence electrons. The molecule has 0 unspecified atom stereocenters. The van der Waals surface area contributed by atoms with Gasteiger partial charge in [-0.1, -0.05) is 10.6 Å². The van der Waals surface area contributed by atoms with Crippen molar-refractivity contribution in [3.8, 4) is 0 Å². The highest BCUT2D eigenvalue weighted by Crippen LogP contribution is 2.42. The predicted molar refractivity (Wildman–Crippen MR) is 53.5 cm³/mol. The molecule has 0 aromatic heterocycles. The van der Waals surface area contributed by atoms with Crippen LogP contribution in [0.25, 0.3) is 0 Å². The first-order valence-electron chi connectivity index (χ1n) is 3.42. The zero-order valence-electron chi connectivity index (χ0n) is 6.70. The Balaban J connectivity index is 4.36. The van der Waals surface area contributed by atoms with Crippen molar-refractivity contribution in [2.45, 2.75) is 12.8 Å². The van der Waals surface area contributed by atoms with Crippen LogP contribution in [0, 0.1) is 0 Å². The third-order valence-corrected chi connectivity index (χ3v) is 3.29. The fraction of sp³-hybridized carbons (Fsp3) is 0.667. The molecule has 0 aliphatic heterocycles. The van der Waals surface area contributed by atoms with Crippen molar-refractivity contribution in [1.29, 1.82) is 0 Å². The molecule has 0 heterocycles. The zero-order valence-corrected chi connectivity index (χ0v) is 9.03. The summed E-state index contributed by atoms with van der Waals surface area (Å²) in [5.74, 6) is -0.0777. The third kappa shape index (κ3) is 3.83. The monoisotopic (exact) mass is 248 g/mol. The molecule has 0 bridgehead atoms. The van der Waals surface area contributed by atoms with Crippen molar-refractivity contribution < 1.29 is 18.7 Å². The molecule has 0 rings (SSSR count). The van der Waals surface area contributed by atoms with Gasteiger partial charge in [-0.25, -0.2) is 0 Å². The molecule has 0 aliphatic carbocycles. The fourth-order valence-corrected chi connectivity index (χ4v) is 2.16. The average molecular weight is 249 g/mol. The first-order valence-corrected chi connectivity index (χ1v) is 6.04. The van der Waals surface area contributed by atoms with Crippen LogP contribution in [0.1, 0.15) is 12.8 Å². The van der Waals surface area contributed by atoms with Gasteiger partial charge >= 0.3 is 0 Å². The van der Waals surface area contributed by atoms with Gasteiger partial charge in [0.1, 0.15) is 0 Å². The Morgan fingerprint density at radius 1 is 1.00 bits per heavy atom. The molecular formula is C6H10Cl2O4S. The topological polar surface area (TPSA) is 74.6 Å². The Kier molecular flexibility index (Phi) is 5.91. The van der Waals surface area contributed by atoms with E-state index in [9.17, 15) is 9.59 Å². The molecule has 0 saturated heterocycles. The van der Waals surface area contributed by atoms with E-state index in [1.807, 2.05) is 0 Å². The maximum Gasteiger partial charge on any atom is 0.247 e. The lowest BCUT2D eigenvalue weighted by molar-refractivity contribution is -0.115. The number of alkyl halides is 2. The van der Waals surface area contributed by atoms with Gasteiger partial charge in [0, 0.05) is 24.6 Å². The summed E-state index contributed by atoms with van der Waals surface area (Å²) in [7, 11) is -3.81. The van der Waals surface area contributed by atoms with Crippen molar-refractivity contribution in [1.82, 2.24) is 0 Å². The molecule has 0 radical (unpaired) electrons. The van der Waals surface area contributed by atoms with E-state index in [4.69, 9.17) is 32.3 Å². The van der Waals surface area contributed by atoms with E-state index in [2.05, 4.69) is 0 Å². The largest absolute Gasteiger partial charge is 0.286 e. The number of rotatable bonds is 4. The van der Waals surface area contributed by atoms with Crippen LogP contribution in [-0.2, 0) is 9.59 Å². The van der Waals surface area contributed by atoms with E-state index in [0.717, 1.165) is 0 Å². The van der Waals surface area contributed by atoms with Crippen LogP contribution >= 0.6 is 33.8 Å². The standard InChI is InChI=1S/C6H10Cl2O4S/c7-3-1-5(9)13(11,12)6(10)2-4-8/h11-12H,1-4H2. The van der Waals surface area contributed by atoms with Gasteiger partial charge in [-0.05, 0) is 0 Å². The van der Waals surface area contributed by atoms with Crippen LogP contribution in [-0.4, -0.2) is 31.1 Å². The molecule has 13 heavy (non-hydrogen) atoms. The van der Waals surface area contributed by atoms with Crippen molar-refractivity contribution in [3.63, 3.8) is 0 Å². The second-order valence-corrected chi connectivity index (χ2v) is 4.94. The van der Waals surface area contributed by atoms with E-state index >= 15 is 0 Å². The van der Waals surface area contributed by atoms with Crippen LogP contribution in [0.5, 0.6) is 0 Å². The van der Waals surface area contributed by atoms with Gasteiger partial charge in [0.2, 0.25) is 10.2 Å². The van der Waals surface area contributed by atoms with Crippen LogP contribution in [0.3, 0.4) is 0 Å². The van der Waals surface area contributed by atoms with Crippen LogP contribution in [0.15, 0.2) is 0 Å². The lowest BCUT2D eigenvalue weighted by Crippen LogP contribution is -2.20. The first-order chi connectivity index (χ1) is 5.96. The van der Waals surface area contributed by atoms with Crippen molar-refractivity contribution in [2.75, 3.05) is 11.8 Å². The summed E-state index contributed by atoms with van der Waals surface area (Å²) in [6, 6.07) is 0. The summed E-state index contributed by atoms with van der Waals surface area (Å²) in [5.41, 5.74) is 0. The lowest BCUT2D eigenvalue weighted by Gasteiger charge is -2.26. The van der Waals surface area contributed by atoms with Gasteiger partial charge in [-0.3, -0.25) is 18.7 Å². The van der Waals surface area contributed by atoms with Crippen LogP contribution < -0.4 is 0 Å². The molecule has 0 atom stereocenters. The van der Waals surface area contributed by atoms with Gasteiger partial charge in [0.05, 0.1) is 0 Å². The molecule has 0 aromatic carbocycles. The summed E-state index contributed by atoms with van der Waals surface area (Å²) >= 11 is 10.4. The maximum atomic E-state index is 11.0. The molecule has 4 nitrogen and oxygen atoms in total. The van der Waals surface area contributed by atoms with Gasteiger partial charge in [0.15, 0.2) is 0 Å². The Morgan fingerprint density at radius 3 is 1.54 bits per heavy atom. The highest BCUT2D eigenvalue weighted by Gasteiger charge is 2.29. The fourth-order valence-electron chi connectivity index (χ4n) is 0.566. The molecule has 0 amide bonds. The molecule has 0 aliphatic rings. The molecular weight excluding hydrogens is 239 g/mol. The summed E-state index contributed by atoms with van der Waals surface area (Å²) in [4.78, 5) is 21.9. The second-order valence-electron chi connectivity index (χ2n) is 2.17. The number of hydrogen-bond donors (Lipinski definition) is 2. The minimum Gasteiger partial charge on any atom is -0.286 e. The second kappa shape index (κ2) is 5.82. The zero-order chi connectivity index (χ0) is 10.5. The smallest absolute Gasteiger partial charge is 0.247 e. The summed E-state index contributed by atoms with van der Waals surface area (Å²) < 4.78 is 18.3. The van der Waals surface area contributed by atoms with Crippen molar-refractivity contribution in [3.05, 3.63) is 0 Å². The van der Waals surface area contributed by atoms with Crippen molar-refractivity contribution in [2.24, 2.45) is 0 Å². The summed E-state index contributed by atoms with van der Waals surface area (Å²) in [6.45, 7) is 0. The average Bonchev–Trinajstić information content (AvgIpc) is 2.05. The highest BCUT2D eigenvalue weighted by molar-refractivity contribution is 8.47. The molecule has 0 saturated carbocycles. The molecule has 0 spiro atoms. The summed E-state index contributed by atoms with van der Waals surface area (Å²) in [5, 5.41) is -1.84. The van der Waals surface area contributed by atoms with Gasteiger partial charge in [-0.2, -0.15) is 0 Å². The van der Waals surface area contributed by atoms with Gasteiger partial charge < -0.3 is 0 Å². The van der Waals surface area contributed by atoms with E-state index in [1.54, 1.807) is 0 Å². The quantitative estimate of drug-likeness (QED) is 0.747. The minimum atomic E-state index is -3.81. The highest BCUT2D eigenvalue weighted by atomic mass is 35.5. The predicted octanol–water partition coefficient (Wildman–Crippen LogP) is 2.05. The minimum absolute atomic E-state index is 0.0388. The van der Waals surface area contributed by atoms with Crippen LogP contribution in [0.2, 0.25) is 0 Å². The Hall–Kier alpha value is 0.190. The number of hydrogen-bond acceptors (Lipinski definition) is 4. The van der Waals surface area contributed by atoms with Gasteiger partial charge in [-0.15, -0.1) is 23.2 Å². The van der Waals surface area contributed by atoms with E-state index in [1.165, 1.54) is 0 Å². The maximum absolute atomic E-state index is 11.0. The van der Waals surface area contributed by atoms with E-state index in [0.29, 0.717) is 0 Å². The molecule has 2 N–H and O–H groups in total. The number of carbonyl (C=O) groups is 2. The first kappa shape index (κ1) is 13.2. The SMILES string of the molecule is O=C(CCCl)S(O)(O)C(=O)CCCl. The number of halogens is 2. The number of carbonyl (C=O) groups excluding carboxylic acids is 2. The normalized spacial score (nSPS) is 12.6. The molecule has 7 heteroatoms. The summed E-state index contributed by atoms with van der Waals surface area (Å²) in [6.07, 6.45) is -0.449. The van der Waals surface area contributed by atoms with Gasteiger partial charge in [0.25, 0.3) is 0 Å². The Bertz CT molecular complexity index is 187.